The van der Waals surface area contributed by atoms with Crippen molar-refractivity contribution in [2.45, 2.75) is 33.5 Å². The molecule has 55 heavy (non-hydrogen) atoms. The summed E-state index contributed by atoms with van der Waals surface area (Å²) in [7, 11) is 0. The minimum absolute atomic E-state index is 0.0588. The van der Waals surface area contributed by atoms with E-state index >= 15 is 0 Å². The Labute approximate surface area is 324 Å². The fraction of sp³-hybridized carbons (Fsp3) is 0.195. The highest BCUT2D eigenvalue weighted by molar-refractivity contribution is 7.15. The maximum Gasteiger partial charge on any atom is 0.361 e. The minimum atomic E-state index is -0.656. The molecule has 0 atom stereocenters. The zero-order valence-electron chi connectivity index (χ0n) is 29.8. The van der Waals surface area contributed by atoms with Crippen molar-refractivity contribution >= 4 is 40.1 Å². The lowest BCUT2D eigenvalue weighted by molar-refractivity contribution is -0.353. The van der Waals surface area contributed by atoms with Crippen molar-refractivity contribution in [1.29, 1.82) is 0 Å². The summed E-state index contributed by atoms with van der Waals surface area (Å²) < 4.78 is 19.9. The molecule has 0 N–H and O–H groups in total. The highest BCUT2D eigenvalue weighted by Crippen LogP contribution is 2.35. The van der Waals surface area contributed by atoms with E-state index < -0.39 is 5.97 Å². The van der Waals surface area contributed by atoms with Crippen LogP contribution in [0.3, 0.4) is 0 Å². The number of thiophene rings is 2. The molecule has 6 heterocycles. The third kappa shape index (κ3) is 7.06. The van der Waals surface area contributed by atoms with Gasteiger partial charge in [0.25, 0.3) is 0 Å². The third-order valence-corrected chi connectivity index (χ3v) is 11.2. The van der Waals surface area contributed by atoms with Gasteiger partial charge in [-0.15, -0.1) is 35.5 Å². The van der Waals surface area contributed by atoms with Gasteiger partial charge in [-0.1, -0.05) is 60.4 Å². The fourth-order valence-electron chi connectivity index (χ4n) is 6.41. The lowest BCUT2D eigenvalue weighted by Crippen LogP contribution is -2.14. The number of ether oxygens (including phenoxy) is 3. The van der Waals surface area contributed by atoms with Crippen LogP contribution < -0.4 is 0 Å². The van der Waals surface area contributed by atoms with Crippen LogP contribution >= 0.6 is 22.7 Å². The predicted octanol–water partition coefficient (Wildman–Crippen LogP) is 6.67. The average Bonchev–Trinajstić information content (AvgIpc) is 3.98. The summed E-state index contributed by atoms with van der Waals surface area (Å²) in [4.78, 5) is 46.0. The van der Waals surface area contributed by atoms with E-state index in [1.165, 1.54) is 22.7 Å². The number of fused-ring (bicyclic) bond motifs is 6. The van der Waals surface area contributed by atoms with Gasteiger partial charge in [-0.3, -0.25) is 19.1 Å². The zero-order valence-corrected chi connectivity index (χ0v) is 31.4. The number of aliphatic imine (C=N–C) groups is 2. The lowest BCUT2D eigenvalue weighted by atomic mass is 10.0. The van der Waals surface area contributed by atoms with Crippen molar-refractivity contribution in [1.82, 2.24) is 19.1 Å². The number of nitrogens with zero attached hydrogens (tertiary/aromatic N) is 6. The minimum Gasteiger partial charge on any atom is -0.434 e. The maximum absolute atomic E-state index is 13.1. The molecule has 4 aromatic heterocycles. The summed E-state index contributed by atoms with van der Waals surface area (Å²) in [6.45, 7) is 3.95. The summed E-state index contributed by atoms with van der Waals surface area (Å²) in [6.07, 6.45) is 14.9. The first kappa shape index (κ1) is 36.0. The molecular formula is C41H32N6O6S2. The van der Waals surface area contributed by atoms with E-state index in [1.807, 2.05) is 64.6 Å². The van der Waals surface area contributed by atoms with Crippen LogP contribution in [-0.4, -0.2) is 56.9 Å². The van der Waals surface area contributed by atoms with Crippen molar-refractivity contribution < 1.29 is 28.8 Å². The number of aryl methyl sites for hydroxylation is 2. The van der Waals surface area contributed by atoms with Gasteiger partial charge in [0.05, 0.1) is 78.8 Å². The van der Waals surface area contributed by atoms with Crippen LogP contribution in [0.1, 0.15) is 69.3 Å². The molecule has 0 fully saturated rings. The quantitative estimate of drug-likeness (QED) is 0.0338. The van der Waals surface area contributed by atoms with Crippen molar-refractivity contribution in [2.75, 3.05) is 20.4 Å². The van der Waals surface area contributed by atoms with Gasteiger partial charge >= 0.3 is 5.97 Å². The van der Waals surface area contributed by atoms with Gasteiger partial charge in [-0.05, 0) is 37.1 Å². The van der Waals surface area contributed by atoms with Gasteiger partial charge in [-0.25, -0.2) is 24.5 Å². The van der Waals surface area contributed by atoms with E-state index in [0.717, 1.165) is 70.3 Å². The van der Waals surface area contributed by atoms with Crippen LogP contribution in [0.5, 0.6) is 0 Å². The Morgan fingerprint density at radius 1 is 0.745 bits per heavy atom. The highest BCUT2D eigenvalue weighted by atomic mass is 32.1. The van der Waals surface area contributed by atoms with Gasteiger partial charge in [0, 0.05) is 11.1 Å². The van der Waals surface area contributed by atoms with Crippen LogP contribution in [0.4, 0.5) is 0 Å². The zero-order chi connectivity index (χ0) is 37.9. The molecule has 8 rings (SSSR count). The summed E-state index contributed by atoms with van der Waals surface area (Å²) in [5, 5.41) is 0. The molecule has 0 bridgehead atoms. The van der Waals surface area contributed by atoms with E-state index in [9.17, 15) is 4.79 Å². The standard InChI is InChI=1S/C41H32N6O6S2/c1-5-27-15-32-39(54-27)36(29-13-9-7-11-25(29)3)42-17-34-31(44-20-46(32)34)19-52-53-24-50-22-49-23-51-41(48)38-35-18-43-37(30-14-10-8-12-26(30)4)40-33(47(35)21-45-38)16-28(6-2)55-40/h1-2,7-16,20-21H,17-19,22-24H2,3-4H3. The molecule has 0 saturated heterocycles. The second kappa shape index (κ2) is 15.8. The van der Waals surface area contributed by atoms with Crippen LogP contribution in [0.25, 0.3) is 11.4 Å². The van der Waals surface area contributed by atoms with E-state index in [-0.39, 0.29) is 39.2 Å². The normalized spacial score (nSPS) is 12.9. The number of aromatic nitrogens is 4. The molecule has 14 heteroatoms. The predicted molar refractivity (Wildman–Crippen MR) is 208 cm³/mol. The molecular weight excluding hydrogens is 737 g/mol. The van der Waals surface area contributed by atoms with Crippen LogP contribution in [0.15, 0.2) is 83.3 Å². The van der Waals surface area contributed by atoms with Gasteiger partial charge in [0.15, 0.2) is 26.1 Å². The molecule has 0 spiro atoms. The third-order valence-electron chi connectivity index (χ3n) is 9.10. The maximum atomic E-state index is 13.1. The monoisotopic (exact) mass is 768 g/mol. The summed E-state index contributed by atoms with van der Waals surface area (Å²) in [5.74, 6) is 4.82. The summed E-state index contributed by atoms with van der Waals surface area (Å²) >= 11 is 3.00. The largest absolute Gasteiger partial charge is 0.434 e. The van der Waals surface area contributed by atoms with Crippen LogP contribution in [0.2, 0.25) is 0 Å². The molecule has 0 unspecified atom stereocenters. The van der Waals surface area contributed by atoms with Crippen molar-refractivity contribution in [3.05, 3.63) is 138 Å². The van der Waals surface area contributed by atoms with Crippen molar-refractivity contribution in [2.24, 2.45) is 9.98 Å². The molecule has 2 aliphatic rings. The number of carbonyl (C=O) groups is 1. The first-order valence-electron chi connectivity index (χ1n) is 17.1. The average molecular weight is 769 g/mol. The van der Waals surface area contributed by atoms with E-state index in [0.29, 0.717) is 17.9 Å². The fourth-order valence-corrected chi connectivity index (χ4v) is 8.38. The molecule has 6 aromatic rings. The number of imidazole rings is 2. The Morgan fingerprint density at radius 3 is 1.93 bits per heavy atom. The number of benzene rings is 2. The first-order valence-corrected chi connectivity index (χ1v) is 18.7. The highest BCUT2D eigenvalue weighted by Gasteiger charge is 2.28. The lowest BCUT2D eigenvalue weighted by Gasteiger charge is -2.08. The van der Waals surface area contributed by atoms with Crippen molar-refractivity contribution in [3.63, 3.8) is 0 Å². The van der Waals surface area contributed by atoms with Gasteiger partial charge in [0.1, 0.15) is 12.9 Å². The smallest absolute Gasteiger partial charge is 0.361 e. The molecule has 12 nitrogen and oxygen atoms in total. The molecule has 0 aliphatic carbocycles. The SMILES string of the molecule is C#Cc1cc2c(s1)C(c1ccccc1C)=NCc1c(COOCOCOCOC(=O)c3ncn4c3CN=C(c3ccccc3C)c3sc(C#C)cc3-4)ncn1-2. The number of hydrogen-bond acceptors (Lipinski definition) is 12. The molecule has 0 saturated carbocycles. The number of rotatable bonds is 12. The molecule has 0 radical (unpaired) electrons. The topological polar surface area (TPSA) is 124 Å². The Morgan fingerprint density at radius 2 is 1.31 bits per heavy atom. The second-order valence-corrected chi connectivity index (χ2v) is 14.5. The van der Waals surface area contributed by atoms with Crippen LogP contribution in [0, 0.1) is 38.5 Å². The first-order chi connectivity index (χ1) is 26.9. The molecule has 0 amide bonds. The Bertz CT molecular complexity index is 2580. The van der Waals surface area contributed by atoms with Crippen LogP contribution in [-0.2, 0) is 43.7 Å². The van der Waals surface area contributed by atoms with E-state index in [4.69, 9.17) is 46.8 Å². The van der Waals surface area contributed by atoms with Crippen molar-refractivity contribution in [3.8, 4) is 36.1 Å². The molecule has 2 aromatic carbocycles. The summed E-state index contributed by atoms with van der Waals surface area (Å²) in [6, 6.07) is 20.1. The van der Waals surface area contributed by atoms with Gasteiger partial charge in [-0.2, -0.15) is 0 Å². The summed E-state index contributed by atoms with van der Waals surface area (Å²) in [5.41, 5.74) is 9.94. The number of carbonyl (C=O) groups excluding carboxylic acids is 1. The Hall–Kier alpha value is -5.97. The number of esters is 1. The van der Waals surface area contributed by atoms with Gasteiger partial charge < -0.3 is 14.2 Å². The molecule has 2 aliphatic heterocycles. The number of terminal acetylenes is 2. The second-order valence-electron chi connectivity index (χ2n) is 12.4. The Kier molecular flexibility index (Phi) is 10.3. The molecule has 274 valence electrons. The Balaban J connectivity index is 0.830. The van der Waals surface area contributed by atoms with E-state index in [2.05, 4.69) is 40.9 Å². The van der Waals surface area contributed by atoms with Gasteiger partial charge in [0.2, 0.25) is 0 Å². The number of hydrogen-bond donors (Lipinski definition) is 0. The van der Waals surface area contributed by atoms with E-state index in [1.54, 1.807) is 12.7 Å².